The highest BCUT2D eigenvalue weighted by molar-refractivity contribution is 6.31. The Morgan fingerprint density at radius 2 is 1.85 bits per heavy atom. The van der Waals surface area contributed by atoms with E-state index in [1.165, 1.54) is 10.6 Å². The molecule has 0 bridgehead atoms. The highest BCUT2D eigenvalue weighted by Crippen LogP contribution is 2.28. The molecule has 8 nitrogen and oxygen atoms in total. The summed E-state index contributed by atoms with van der Waals surface area (Å²) in [5, 5.41) is 7.80. The number of benzene rings is 2. The Bertz CT molecular complexity index is 1420. The van der Waals surface area contributed by atoms with Crippen molar-refractivity contribution in [1.29, 1.82) is 0 Å². The summed E-state index contributed by atoms with van der Waals surface area (Å²) in [6, 6.07) is 12.4. The first-order chi connectivity index (χ1) is 15.8. The fraction of sp³-hybridized carbons (Fsp3) is 0.208. The predicted molar refractivity (Wildman–Crippen MR) is 126 cm³/mol. The number of fused-ring (bicyclic) bond motifs is 1. The molecular formula is C24H23ClN4O4. The standard InChI is InChI=1S/C24H23ClN4O4/c1-13-5-7-16(10-17(13)25)22-14(2)29-19(24(31)27-22)11-18(28-29)23(30)26-12-15-6-8-20(32-3)21(9-15)33-4/h5-11H,12H2,1-4H3,(H,26,30)(H,27,31). The van der Waals surface area contributed by atoms with Gasteiger partial charge in [0.25, 0.3) is 11.5 Å². The van der Waals surface area contributed by atoms with E-state index < -0.39 is 5.91 Å². The van der Waals surface area contributed by atoms with E-state index in [1.54, 1.807) is 32.4 Å². The lowest BCUT2D eigenvalue weighted by Gasteiger charge is -2.10. The molecule has 170 valence electrons. The molecular weight excluding hydrogens is 444 g/mol. The number of halogens is 1. The SMILES string of the molecule is COc1ccc(CNC(=O)c2cc3c(=O)[nH]c(-c4ccc(C)c(Cl)c4)c(C)n3n2)cc1OC. The number of carbonyl (C=O) groups is 1. The van der Waals surface area contributed by atoms with E-state index >= 15 is 0 Å². The molecule has 0 fully saturated rings. The van der Waals surface area contributed by atoms with Crippen molar-refractivity contribution in [1.82, 2.24) is 19.9 Å². The number of hydrogen-bond acceptors (Lipinski definition) is 5. The third-order valence-electron chi connectivity index (χ3n) is 5.45. The van der Waals surface area contributed by atoms with Gasteiger partial charge < -0.3 is 19.8 Å². The number of carbonyl (C=O) groups excluding carboxylic acids is 1. The second kappa shape index (κ2) is 8.99. The summed E-state index contributed by atoms with van der Waals surface area (Å²) < 4.78 is 12.0. The van der Waals surface area contributed by atoms with Gasteiger partial charge in [0.2, 0.25) is 0 Å². The number of aromatic amines is 1. The van der Waals surface area contributed by atoms with Gasteiger partial charge in [-0.3, -0.25) is 9.59 Å². The smallest absolute Gasteiger partial charge is 0.274 e. The number of amides is 1. The summed E-state index contributed by atoms with van der Waals surface area (Å²) in [5.74, 6) is 0.781. The number of hydrogen-bond donors (Lipinski definition) is 2. The largest absolute Gasteiger partial charge is 0.493 e. The van der Waals surface area contributed by atoms with Gasteiger partial charge >= 0.3 is 0 Å². The van der Waals surface area contributed by atoms with Crippen LogP contribution in [0.2, 0.25) is 5.02 Å². The molecule has 0 radical (unpaired) electrons. The molecule has 0 saturated carbocycles. The first-order valence-corrected chi connectivity index (χ1v) is 10.6. The predicted octanol–water partition coefficient (Wildman–Crippen LogP) is 3.91. The number of H-pyrrole nitrogens is 1. The molecule has 0 aliphatic carbocycles. The summed E-state index contributed by atoms with van der Waals surface area (Å²) in [7, 11) is 3.11. The lowest BCUT2D eigenvalue weighted by molar-refractivity contribution is 0.0945. The Morgan fingerprint density at radius 1 is 1.09 bits per heavy atom. The third kappa shape index (κ3) is 4.29. The zero-order chi connectivity index (χ0) is 23.7. The van der Waals surface area contributed by atoms with Gasteiger partial charge in [-0.1, -0.05) is 29.8 Å². The first-order valence-electron chi connectivity index (χ1n) is 10.2. The zero-order valence-corrected chi connectivity index (χ0v) is 19.4. The van der Waals surface area contributed by atoms with Crippen LogP contribution < -0.4 is 20.3 Å². The number of nitrogens with zero attached hydrogens (tertiary/aromatic N) is 2. The number of rotatable bonds is 6. The summed E-state index contributed by atoms with van der Waals surface area (Å²) >= 11 is 6.26. The van der Waals surface area contributed by atoms with Crippen LogP contribution in [0, 0.1) is 13.8 Å². The highest BCUT2D eigenvalue weighted by Gasteiger charge is 2.17. The van der Waals surface area contributed by atoms with Gasteiger partial charge in [0.05, 0.1) is 25.6 Å². The van der Waals surface area contributed by atoms with Crippen molar-refractivity contribution in [3.63, 3.8) is 0 Å². The number of ether oxygens (including phenoxy) is 2. The van der Waals surface area contributed by atoms with Gasteiger partial charge in [0.15, 0.2) is 17.2 Å². The summed E-state index contributed by atoms with van der Waals surface area (Å²) in [5.41, 5.74) is 3.88. The van der Waals surface area contributed by atoms with Gasteiger partial charge in [0.1, 0.15) is 5.52 Å². The van der Waals surface area contributed by atoms with Crippen LogP contribution in [0.4, 0.5) is 0 Å². The molecule has 0 atom stereocenters. The Morgan fingerprint density at radius 3 is 2.55 bits per heavy atom. The monoisotopic (exact) mass is 466 g/mol. The van der Waals surface area contributed by atoms with Crippen LogP contribution >= 0.6 is 11.6 Å². The summed E-state index contributed by atoms with van der Waals surface area (Å²) in [6.45, 7) is 3.99. The number of aryl methyl sites for hydroxylation is 2. The van der Waals surface area contributed by atoms with Crippen LogP contribution in [-0.4, -0.2) is 34.7 Å². The van der Waals surface area contributed by atoms with Crippen molar-refractivity contribution >= 4 is 23.0 Å². The van der Waals surface area contributed by atoms with Crippen LogP contribution in [-0.2, 0) is 6.54 Å². The molecule has 0 spiro atoms. The molecule has 2 N–H and O–H groups in total. The van der Waals surface area contributed by atoms with Gasteiger partial charge in [0, 0.05) is 23.2 Å². The van der Waals surface area contributed by atoms with Crippen LogP contribution in [0.3, 0.4) is 0 Å². The maximum Gasteiger partial charge on any atom is 0.274 e. The summed E-state index contributed by atoms with van der Waals surface area (Å²) in [6.07, 6.45) is 0. The van der Waals surface area contributed by atoms with Crippen molar-refractivity contribution < 1.29 is 14.3 Å². The van der Waals surface area contributed by atoms with Crippen molar-refractivity contribution in [2.24, 2.45) is 0 Å². The number of nitrogens with one attached hydrogen (secondary N) is 2. The van der Waals surface area contributed by atoms with E-state index in [9.17, 15) is 9.59 Å². The Kier molecular flexibility index (Phi) is 6.11. The number of aromatic nitrogens is 3. The Balaban J connectivity index is 1.62. The molecule has 2 heterocycles. The van der Waals surface area contributed by atoms with Gasteiger partial charge in [-0.15, -0.1) is 0 Å². The van der Waals surface area contributed by atoms with Crippen LogP contribution in [0.15, 0.2) is 47.3 Å². The molecule has 33 heavy (non-hydrogen) atoms. The van der Waals surface area contributed by atoms with E-state index in [1.807, 2.05) is 32.0 Å². The molecule has 0 aliphatic heterocycles. The van der Waals surface area contributed by atoms with E-state index in [0.29, 0.717) is 27.9 Å². The average molecular weight is 467 g/mol. The van der Waals surface area contributed by atoms with Crippen LogP contribution in [0.25, 0.3) is 16.8 Å². The molecule has 0 unspecified atom stereocenters. The first kappa shape index (κ1) is 22.4. The lowest BCUT2D eigenvalue weighted by atomic mass is 10.1. The minimum atomic E-state index is -0.396. The molecule has 4 aromatic rings. The number of methoxy groups -OCH3 is 2. The fourth-order valence-electron chi connectivity index (χ4n) is 3.58. The quantitative estimate of drug-likeness (QED) is 0.449. The van der Waals surface area contributed by atoms with Crippen LogP contribution in [0.5, 0.6) is 11.5 Å². The zero-order valence-electron chi connectivity index (χ0n) is 18.7. The molecule has 4 rings (SSSR count). The second-order valence-corrected chi connectivity index (χ2v) is 7.98. The van der Waals surface area contributed by atoms with Gasteiger partial charge in [-0.2, -0.15) is 5.10 Å². The Hall–Kier alpha value is -3.78. The topological polar surface area (TPSA) is 97.7 Å². The fourth-order valence-corrected chi connectivity index (χ4v) is 3.76. The van der Waals surface area contributed by atoms with E-state index in [0.717, 1.165) is 16.7 Å². The van der Waals surface area contributed by atoms with Gasteiger partial charge in [-0.25, -0.2) is 4.52 Å². The second-order valence-electron chi connectivity index (χ2n) is 7.58. The third-order valence-corrected chi connectivity index (χ3v) is 5.86. The summed E-state index contributed by atoms with van der Waals surface area (Å²) in [4.78, 5) is 28.4. The van der Waals surface area contributed by atoms with Crippen LogP contribution in [0.1, 0.15) is 27.3 Å². The molecule has 2 aromatic heterocycles. The van der Waals surface area contributed by atoms with Gasteiger partial charge in [-0.05, 0) is 43.2 Å². The van der Waals surface area contributed by atoms with Crippen molar-refractivity contribution in [3.8, 4) is 22.8 Å². The Labute approximate surface area is 195 Å². The molecule has 0 saturated heterocycles. The normalized spacial score (nSPS) is 10.9. The minimum absolute atomic E-state index is 0.142. The maximum absolute atomic E-state index is 12.8. The molecule has 1 amide bonds. The van der Waals surface area contributed by atoms with Crippen molar-refractivity contribution in [2.75, 3.05) is 14.2 Å². The van der Waals surface area contributed by atoms with Crippen molar-refractivity contribution in [3.05, 3.63) is 80.4 Å². The lowest BCUT2D eigenvalue weighted by Crippen LogP contribution is -2.23. The van der Waals surface area contributed by atoms with E-state index in [4.69, 9.17) is 21.1 Å². The maximum atomic E-state index is 12.8. The molecule has 0 aliphatic rings. The van der Waals surface area contributed by atoms with E-state index in [2.05, 4.69) is 15.4 Å². The molecule has 9 heteroatoms. The minimum Gasteiger partial charge on any atom is -0.493 e. The average Bonchev–Trinajstić information content (AvgIpc) is 3.28. The van der Waals surface area contributed by atoms with E-state index in [-0.39, 0.29) is 23.3 Å². The molecule has 2 aromatic carbocycles. The highest BCUT2D eigenvalue weighted by atomic mass is 35.5. The van der Waals surface area contributed by atoms with Crippen molar-refractivity contribution in [2.45, 2.75) is 20.4 Å².